The van der Waals surface area contributed by atoms with E-state index in [4.69, 9.17) is 4.74 Å². The highest BCUT2D eigenvalue weighted by Crippen LogP contribution is 2.29. The van der Waals surface area contributed by atoms with Gasteiger partial charge in [0.05, 0.1) is 11.6 Å². The van der Waals surface area contributed by atoms with E-state index in [0.29, 0.717) is 6.07 Å². The molecule has 4 nitrogen and oxygen atoms in total. The summed E-state index contributed by atoms with van der Waals surface area (Å²) in [5.41, 5.74) is -0.688. The molecule has 0 fully saturated rings. The number of ether oxygens (including phenoxy) is 1. The zero-order valence-electron chi connectivity index (χ0n) is 15.1. The Morgan fingerprint density at radius 2 is 1.86 bits per heavy atom. The van der Waals surface area contributed by atoms with Gasteiger partial charge in [-0.3, -0.25) is 4.79 Å². The number of benzene rings is 2. The van der Waals surface area contributed by atoms with Crippen molar-refractivity contribution in [3.8, 4) is 0 Å². The fourth-order valence-electron chi connectivity index (χ4n) is 2.38. The largest absolute Gasteiger partial charge is 0.452 e. The molecule has 1 amide bonds. The fourth-order valence-corrected chi connectivity index (χ4v) is 2.38. The molecule has 1 atom stereocenters. The van der Waals surface area contributed by atoms with Crippen molar-refractivity contribution >= 4 is 18.0 Å². The van der Waals surface area contributed by atoms with Gasteiger partial charge in [0.25, 0.3) is 5.91 Å². The molecule has 0 bridgehead atoms. The lowest BCUT2D eigenvalue weighted by atomic mass is 10.1. The first-order valence-corrected chi connectivity index (χ1v) is 8.32. The molecule has 2 aromatic carbocycles. The number of hydrogen-bond donors (Lipinski definition) is 1. The molecule has 0 saturated heterocycles. The number of hydrogen-bond acceptors (Lipinski definition) is 3. The normalized spacial score (nSPS) is 12.6. The summed E-state index contributed by atoms with van der Waals surface area (Å²) in [7, 11) is 0. The second-order valence-electron chi connectivity index (χ2n) is 6.02. The minimum absolute atomic E-state index is 0.0514. The maximum Gasteiger partial charge on any atom is 0.416 e. The number of halogens is 5. The van der Waals surface area contributed by atoms with Crippen molar-refractivity contribution in [1.29, 1.82) is 0 Å². The molecule has 0 heterocycles. The van der Waals surface area contributed by atoms with E-state index in [1.54, 1.807) is 0 Å². The highest BCUT2D eigenvalue weighted by molar-refractivity contribution is 5.89. The van der Waals surface area contributed by atoms with Crippen LogP contribution in [0.25, 0.3) is 6.08 Å². The summed E-state index contributed by atoms with van der Waals surface area (Å²) in [4.78, 5) is 23.4. The summed E-state index contributed by atoms with van der Waals surface area (Å²) < 4.78 is 69.2. The van der Waals surface area contributed by atoms with Crippen LogP contribution in [0, 0.1) is 11.6 Å². The molecule has 2 rings (SSSR count). The van der Waals surface area contributed by atoms with Crippen LogP contribution < -0.4 is 5.32 Å². The first-order chi connectivity index (χ1) is 13.6. The van der Waals surface area contributed by atoms with Gasteiger partial charge in [-0.25, -0.2) is 13.6 Å². The number of alkyl halides is 3. The van der Waals surface area contributed by atoms with Gasteiger partial charge in [0, 0.05) is 17.7 Å². The molecule has 1 N–H and O–H groups in total. The lowest BCUT2D eigenvalue weighted by Gasteiger charge is -2.15. The Kier molecular flexibility index (Phi) is 7.08. The number of rotatable bonds is 6. The standard InChI is InChI=1S/C20H16F5NO3/c1-12(16-7-6-15(21)10-17(16)22)26-18(27)11-29-19(28)8-5-13-3-2-4-14(9-13)20(23,24)25/h2-10,12H,11H2,1H3,(H,26,27)/b8-5+/t12-/m1/s1. The number of carbonyl (C=O) groups excluding carboxylic acids is 2. The molecular weight excluding hydrogens is 397 g/mol. The van der Waals surface area contributed by atoms with Gasteiger partial charge in [0.2, 0.25) is 0 Å². The third-order valence-corrected chi connectivity index (χ3v) is 3.78. The van der Waals surface area contributed by atoms with Crippen LogP contribution >= 0.6 is 0 Å². The van der Waals surface area contributed by atoms with E-state index in [1.807, 2.05) is 0 Å². The minimum Gasteiger partial charge on any atom is -0.452 e. The molecule has 0 aliphatic rings. The van der Waals surface area contributed by atoms with E-state index < -0.39 is 47.9 Å². The Balaban J connectivity index is 1.87. The summed E-state index contributed by atoms with van der Waals surface area (Å²) in [6.45, 7) is 0.780. The van der Waals surface area contributed by atoms with Crippen molar-refractivity contribution < 1.29 is 36.3 Å². The van der Waals surface area contributed by atoms with Crippen molar-refractivity contribution in [3.05, 3.63) is 76.9 Å². The van der Waals surface area contributed by atoms with Gasteiger partial charge in [0.15, 0.2) is 6.61 Å². The van der Waals surface area contributed by atoms with Crippen LogP contribution in [0.2, 0.25) is 0 Å². The van der Waals surface area contributed by atoms with Crippen molar-refractivity contribution in [2.45, 2.75) is 19.1 Å². The first-order valence-electron chi connectivity index (χ1n) is 8.32. The second kappa shape index (κ2) is 9.31. The first kappa shape index (κ1) is 22.1. The third kappa shape index (κ3) is 6.70. The van der Waals surface area contributed by atoms with Crippen molar-refractivity contribution in [2.75, 3.05) is 6.61 Å². The quantitative estimate of drug-likeness (QED) is 0.434. The summed E-state index contributed by atoms with van der Waals surface area (Å²) in [5.74, 6) is -3.27. The van der Waals surface area contributed by atoms with Gasteiger partial charge in [-0.2, -0.15) is 13.2 Å². The number of carbonyl (C=O) groups is 2. The molecule has 9 heteroatoms. The van der Waals surface area contributed by atoms with Crippen molar-refractivity contribution in [3.63, 3.8) is 0 Å². The fraction of sp³-hybridized carbons (Fsp3) is 0.200. The third-order valence-electron chi connectivity index (χ3n) is 3.78. The molecule has 0 aromatic heterocycles. The molecule has 29 heavy (non-hydrogen) atoms. The lowest BCUT2D eigenvalue weighted by molar-refractivity contribution is -0.144. The maximum absolute atomic E-state index is 13.7. The van der Waals surface area contributed by atoms with E-state index in [9.17, 15) is 31.5 Å². The molecule has 154 valence electrons. The molecule has 0 unspecified atom stereocenters. The van der Waals surface area contributed by atoms with E-state index in [2.05, 4.69) is 5.32 Å². The molecular formula is C20H16F5NO3. The molecule has 0 aliphatic carbocycles. The topological polar surface area (TPSA) is 55.4 Å². The van der Waals surface area contributed by atoms with E-state index in [0.717, 1.165) is 30.4 Å². The molecule has 0 radical (unpaired) electrons. The van der Waals surface area contributed by atoms with Crippen LogP contribution in [-0.2, 0) is 20.5 Å². The predicted octanol–water partition coefficient (Wildman–Crippen LogP) is 4.42. The van der Waals surface area contributed by atoms with Crippen LogP contribution in [0.3, 0.4) is 0 Å². The maximum atomic E-state index is 13.7. The summed E-state index contributed by atoms with van der Waals surface area (Å²) >= 11 is 0. The Hall–Kier alpha value is -3.23. The highest BCUT2D eigenvalue weighted by Gasteiger charge is 2.30. The zero-order valence-corrected chi connectivity index (χ0v) is 15.1. The van der Waals surface area contributed by atoms with E-state index >= 15 is 0 Å². The van der Waals surface area contributed by atoms with Crippen molar-refractivity contribution in [2.24, 2.45) is 0 Å². The number of esters is 1. The number of amides is 1. The van der Waals surface area contributed by atoms with E-state index in [1.165, 1.54) is 25.1 Å². The molecule has 0 saturated carbocycles. The van der Waals surface area contributed by atoms with Gasteiger partial charge in [-0.05, 0) is 36.8 Å². The van der Waals surface area contributed by atoms with Gasteiger partial charge < -0.3 is 10.1 Å². The van der Waals surface area contributed by atoms with Gasteiger partial charge in [0.1, 0.15) is 11.6 Å². The average Bonchev–Trinajstić information content (AvgIpc) is 2.64. The van der Waals surface area contributed by atoms with Gasteiger partial charge in [-0.1, -0.05) is 18.2 Å². The van der Waals surface area contributed by atoms with Crippen molar-refractivity contribution in [1.82, 2.24) is 5.32 Å². The average molecular weight is 413 g/mol. The minimum atomic E-state index is -4.51. The monoisotopic (exact) mass is 413 g/mol. The van der Waals surface area contributed by atoms with Gasteiger partial charge in [-0.15, -0.1) is 0 Å². The summed E-state index contributed by atoms with van der Waals surface area (Å²) in [5, 5.41) is 2.38. The van der Waals surface area contributed by atoms with Crippen LogP contribution in [0.1, 0.15) is 29.7 Å². The molecule has 2 aromatic rings. The SMILES string of the molecule is C[C@@H](NC(=O)COC(=O)/C=C/c1cccc(C(F)(F)F)c1)c1ccc(F)cc1F. The number of nitrogens with one attached hydrogen (secondary N) is 1. The smallest absolute Gasteiger partial charge is 0.416 e. The van der Waals surface area contributed by atoms with Crippen LogP contribution in [-0.4, -0.2) is 18.5 Å². The van der Waals surface area contributed by atoms with Crippen LogP contribution in [0.15, 0.2) is 48.5 Å². The Labute approximate surface area is 163 Å². The van der Waals surface area contributed by atoms with Crippen LogP contribution in [0.5, 0.6) is 0 Å². The lowest BCUT2D eigenvalue weighted by Crippen LogP contribution is -2.31. The predicted molar refractivity (Wildman–Crippen MR) is 94.4 cm³/mol. The highest BCUT2D eigenvalue weighted by atomic mass is 19.4. The zero-order chi connectivity index (χ0) is 21.6. The Morgan fingerprint density at radius 3 is 2.52 bits per heavy atom. The Morgan fingerprint density at radius 1 is 1.14 bits per heavy atom. The van der Waals surface area contributed by atoms with Gasteiger partial charge >= 0.3 is 12.1 Å². The summed E-state index contributed by atoms with van der Waals surface area (Å²) in [6, 6.07) is 6.40. The Bertz CT molecular complexity index is 925. The van der Waals surface area contributed by atoms with E-state index in [-0.39, 0.29) is 11.1 Å². The van der Waals surface area contributed by atoms with Crippen LogP contribution in [0.4, 0.5) is 22.0 Å². The summed E-state index contributed by atoms with van der Waals surface area (Å²) in [6.07, 6.45) is -2.51. The second-order valence-corrected chi connectivity index (χ2v) is 6.02. The molecule has 0 aliphatic heterocycles. The molecule has 0 spiro atoms.